The number of cyclic esters (lactones) is 1. The van der Waals surface area contributed by atoms with Gasteiger partial charge >= 0.3 is 6.09 Å². The topological polar surface area (TPSA) is 134 Å². The third-order valence-corrected chi connectivity index (χ3v) is 6.70. The van der Waals surface area contributed by atoms with Crippen LogP contribution < -0.4 is 15.0 Å². The number of nitrogens with one attached hydrogen (secondary N) is 1. The molecule has 2 aliphatic heterocycles. The van der Waals surface area contributed by atoms with Crippen LogP contribution in [-0.4, -0.2) is 77.3 Å². The highest BCUT2D eigenvalue weighted by Gasteiger charge is 2.35. The fourth-order valence-electron chi connectivity index (χ4n) is 4.51. The van der Waals surface area contributed by atoms with E-state index in [2.05, 4.69) is 27.2 Å². The molecule has 0 saturated carbocycles. The van der Waals surface area contributed by atoms with Gasteiger partial charge in [0.2, 0.25) is 0 Å². The largest absolute Gasteiger partial charge is 0.483 e. The van der Waals surface area contributed by atoms with Gasteiger partial charge in [-0.1, -0.05) is 11.6 Å². The molecule has 0 aromatic carbocycles. The van der Waals surface area contributed by atoms with E-state index in [-0.39, 0.29) is 25.1 Å². The Bertz CT molecular complexity index is 1110. The van der Waals surface area contributed by atoms with Crippen molar-refractivity contribution in [2.45, 2.75) is 38.3 Å². The molecule has 2 atom stereocenters. The number of fused-ring (bicyclic) bond motifs is 2. The molecule has 2 unspecified atom stereocenters. The number of carbonyl (C=O) groups excluding carboxylic acids is 2. The predicted molar refractivity (Wildman–Crippen MR) is 127 cm³/mol. The number of hydrogen-bond acceptors (Lipinski definition) is 8. The van der Waals surface area contributed by atoms with Gasteiger partial charge in [0.05, 0.1) is 11.6 Å². The normalized spacial score (nSPS) is 20.3. The molecular weight excluding hydrogens is 478 g/mol. The highest BCUT2D eigenvalue weighted by atomic mass is 35.5. The van der Waals surface area contributed by atoms with Crippen LogP contribution in [0.2, 0.25) is 5.02 Å². The fourth-order valence-corrected chi connectivity index (χ4v) is 4.75. The number of pyridine rings is 2. The van der Waals surface area contributed by atoms with Crippen molar-refractivity contribution in [3.8, 4) is 5.75 Å². The van der Waals surface area contributed by atoms with Crippen molar-refractivity contribution in [1.82, 2.24) is 14.9 Å². The van der Waals surface area contributed by atoms with E-state index in [1.807, 2.05) is 6.92 Å². The van der Waals surface area contributed by atoms with Gasteiger partial charge < -0.3 is 24.8 Å². The summed E-state index contributed by atoms with van der Waals surface area (Å²) in [5, 5.41) is 10.3. The summed E-state index contributed by atoms with van der Waals surface area (Å²) >= 11 is 6.35. The van der Waals surface area contributed by atoms with E-state index in [1.165, 1.54) is 16.0 Å². The molecule has 2 N–H and O–H groups in total. The van der Waals surface area contributed by atoms with Crippen LogP contribution in [0.15, 0.2) is 18.3 Å². The molecule has 186 valence electrons. The van der Waals surface area contributed by atoms with Gasteiger partial charge in [-0.05, 0) is 56.5 Å². The minimum atomic E-state index is -0.435. The molecule has 5 rings (SSSR count). The molecule has 2 aromatic heterocycles. The van der Waals surface area contributed by atoms with E-state index >= 15 is 0 Å². The molecule has 0 spiro atoms. The lowest BCUT2D eigenvalue weighted by molar-refractivity contribution is -0.123. The number of nitrogens with zero attached hydrogens (tertiary/aromatic N) is 4. The first-order chi connectivity index (χ1) is 16.8. The summed E-state index contributed by atoms with van der Waals surface area (Å²) in [6.07, 6.45) is 3.60. The van der Waals surface area contributed by atoms with Gasteiger partial charge in [0, 0.05) is 24.5 Å². The SMILES string of the molecule is Cc1ncc(Cl)c2c1CC(N(C)CCC1CN(c3ccc4c(n3)NC(=O)CO4)C(=O)O1)C2.O=CO. The summed E-state index contributed by atoms with van der Waals surface area (Å²) in [5.74, 6) is 0.966. The maximum absolute atomic E-state index is 12.5. The Morgan fingerprint density at radius 3 is 2.80 bits per heavy atom. The van der Waals surface area contributed by atoms with Crippen molar-refractivity contribution in [2.75, 3.05) is 37.0 Å². The van der Waals surface area contributed by atoms with Gasteiger partial charge in [0.15, 0.2) is 18.2 Å². The number of aryl methyl sites for hydroxylation is 1. The monoisotopic (exact) mass is 503 g/mol. The van der Waals surface area contributed by atoms with E-state index in [4.69, 9.17) is 31.0 Å². The van der Waals surface area contributed by atoms with Crippen LogP contribution in [0, 0.1) is 6.92 Å². The van der Waals surface area contributed by atoms with Gasteiger partial charge in [0.1, 0.15) is 11.9 Å². The lowest BCUT2D eigenvalue weighted by Crippen LogP contribution is -2.35. The van der Waals surface area contributed by atoms with Crippen LogP contribution in [0.25, 0.3) is 0 Å². The molecule has 11 nitrogen and oxygen atoms in total. The maximum Gasteiger partial charge on any atom is 0.415 e. The van der Waals surface area contributed by atoms with E-state index in [0.29, 0.717) is 36.4 Å². The molecule has 1 fully saturated rings. The Kier molecular flexibility index (Phi) is 7.37. The summed E-state index contributed by atoms with van der Waals surface area (Å²) in [4.78, 5) is 44.9. The molecule has 35 heavy (non-hydrogen) atoms. The van der Waals surface area contributed by atoms with Gasteiger partial charge in [-0.3, -0.25) is 19.5 Å². The Morgan fingerprint density at radius 2 is 2.06 bits per heavy atom. The van der Waals surface area contributed by atoms with Gasteiger partial charge in [-0.15, -0.1) is 0 Å². The van der Waals surface area contributed by atoms with Crippen molar-refractivity contribution < 1.29 is 29.0 Å². The molecule has 1 saturated heterocycles. The van der Waals surface area contributed by atoms with Crippen molar-refractivity contribution in [3.63, 3.8) is 0 Å². The van der Waals surface area contributed by atoms with Crippen molar-refractivity contribution in [3.05, 3.63) is 40.2 Å². The zero-order valence-electron chi connectivity index (χ0n) is 19.4. The first-order valence-corrected chi connectivity index (χ1v) is 11.5. The van der Waals surface area contributed by atoms with E-state index in [9.17, 15) is 9.59 Å². The highest BCUT2D eigenvalue weighted by Crippen LogP contribution is 2.33. The van der Waals surface area contributed by atoms with Gasteiger partial charge in [-0.2, -0.15) is 0 Å². The molecule has 3 aliphatic rings. The lowest BCUT2D eigenvalue weighted by atomic mass is 10.1. The summed E-state index contributed by atoms with van der Waals surface area (Å²) in [6, 6.07) is 3.75. The van der Waals surface area contributed by atoms with E-state index in [1.54, 1.807) is 18.3 Å². The van der Waals surface area contributed by atoms with Gasteiger partial charge in [0.25, 0.3) is 12.4 Å². The first-order valence-electron chi connectivity index (χ1n) is 11.1. The van der Waals surface area contributed by atoms with Crippen molar-refractivity contribution in [1.29, 1.82) is 0 Å². The number of aromatic nitrogens is 2. The Balaban J connectivity index is 0.000000917. The highest BCUT2D eigenvalue weighted by molar-refractivity contribution is 6.31. The predicted octanol–water partition coefficient (Wildman–Crippen LogP) is 2.28. The summed E-state index contributed by atoms with van der Waals surface area (Å²) < 4.78 is 10.9. The second kappa shape index (κ2) is 10.4. The quantitative estimate of drug-likeness (QED) is 0.589. The van der Waals surface area contributed by atoms with Crippen LogP contribution in [-0.2, 0) is 27.2 Å². The zero-order valence-corrected chi connectivity index (χ0v) is 20.1. The van der Waals surface area contributed by atoms with E-state index < -0.39 is 6.09 Å². The fraction of sp³-hybridized carbons (Fsp3) is 0.435. The van der Waals surface area contributed by atoms with E-state index in [0.717, 1.165) is 30.1 Å². The van der Waals surface area contributed by atoms with Gasteiger partial charge in [-0.25, -0.2) is 9.78 Å². The molecule has 1 aliphatic carbocycles. The van der Waals surface area contributed by atoms with Crippen molar-refractivity contribution >= 4 is 41.7 Å². The molecule has 2 aromatic rings. The number of likely N-dealkylation sites (N-methyl/N-ethyl adjacent to an activating group) is 1. The minimum absolute atomic E-state index is 0.0380. The van der Waals surface area contributed by atoms with Crippen LogP contribution in [0.4, 0.5) is 16.4 Å². The summed E-state index contributed by atoms with van der Waals surface area (Å²) in [6.45, 7) is 2.93. The summed E-state index contributed by atoms with van der Waals surface area (Å²) in [7, 11) is 2.09. The molecular formula is C23H26ClN5O6. The summed E-state index contributed by atoms with van der Waals surface area (Å²) in [5.41, 5.74) is 3.49. The standard InChI is InChI=1S/C22H24ClN5O4.CH2O2/c1-12-15-7-13(8-16(15)17(23)9-24-12)27(2)6-5-14-10-28(22(30)32-14)19-4-3-18-21(25-19)26-20(29)11-31-18;2-1-3/h3-4,9,13-14H,5-8,10-11H2,1-2H3,(H,25,26,29);1H,(H,2,3). The minimum Gasteiger partial charge on any atom is -0.483 e. The molecule has 12 heteroatoms. The number of ether oxygens (including phenoxy) is 2. The molecule has 2 amide bonds. The smallest absolute Gasteiger partial charge is 0.415 e. The molecule has 4 heterocycles. The lowest BCUT2D eigenvalue weighted by Gasteiger charge is -2.25. The number of amides is 2. The zero-order chi connectivity index (χ0) is 25.1. The number of halogens is 1. The van der Waals surface area contributed by atoms with Crippen LogP contribution in [0.3, 0.4) is 0 Å². The van der Waals surface area contributed by atoms with Crippen LogP contribution >= 0.6 is 11.6 Å². The average molecular weight is 504 g/mol. The maximum atomic E-state index is 12.5. The third kappa shape index (κ3) is 5.30. The number of rotatable bonds is 5. The van der Waals surface area contributed by atoms with Crippen molar-refractivity contribution in [2.24, 2.45) is 0 Å². The Labute approximate surface area is 207 Å². The number of carbonyl (C=O) groups is 3. The second-order valence-electron chi connectivity index (χ2n) is 8.55. The number of hydrogen-bond donors (Lipinski definition) is 2. The van der Waals surface area contributed by atoms with Crippen LogP contribution in [0.5, 0.6) is 5.75 Å². The average Bonchev–Trinajstić information content (AvgIpc) is 3.45. The number of anilines is 2. The second-order valence-corrected chi connectivity index (χ2v) is 8.96. The number of carboxylic acid groups (broad SMARTS) is 1. The Morgan fingerprint density at radius 1 is 1.31 bits per heavy atom. The molecule has 0 radical (unpaired) electrons. The van der Waals surface area contributed by atoms with Crippen LogP contribution in [0.1, 0.15) is 23.2 Å². The molecule has 0 bridgehead atoms. The first kappa shape index (κ1) is 24.7. The third-order valence-electron chi connectivity index (χ3n) is 6.38. The Hall–Kier alpha value is -3.44.